The van der Waals surface area contributed by atoms with Gasteiger partial charge in [-0.25, -0.2) is 4.98 Å². The molecule has 0 N–H and O–H groups in total. The maximum absolute atomic E-state index is 6.60. The van der Waals surface area contributed by atoms with Gasteiger partial charge >= 0.3 is 0 Å². The van der Waals surface area contributed by atoms with Gasteiger partial charge < -0.3 is 35.9 Å². The summed E-state index contributed by atoms with van der Waals surface area (Å²) in [6.07, 6.45) is 3.08. The molecule has 9 heteroatoms. The fraction of sp³-hybridized carbons (Fsp3) is 0.176. The number of hydrogen-bond donors (Lipinski definition) is 0. The van der Waals surface area contributed by atoms with Crippen molar-refractivity contribution in [2.24, 2.45) is 0 Å². The monoisotopic (exact) mass is 611 g/mol. The predicted octanol–water partition coefficient (Wildman–Crippen LogP) is 3.72. The normalized spacial score (nSPS) is 13.0. The molecule has 0 bridgehead atoms. The van der Waals surface area contributed by atoms with E-state index >= 15 is 0 Å². The lowest BCUT2D eigenvalue weighted by atomic mass is 9.95. The summed E-state index contributed by atoms with van der Waals surface area (Å²) in [6, 6.07) is 26.5. The number of nitrogens with zero attached hydrogens (tertiary/aromatic N) is 3. The summed E-state index contributed by atoms with van der Waals surface area (Å²) in [4.78, 5) is 4.94. The molecule has 4 heterocycles. The molecule has 0 radical (unpaired) electrons. The Morgan fingerprint density at radius 1 is 0.977 bits per heavy atom. The first kappa shape index (κ1) is 27.4. The number of aryl methyl sites for hydroxylation is 2. The van der Waals surface area contributed by atoms with Crippen molar-refractivity contribution in [2.75, 3.05) is 13.9 Å². The van der Waals surface area contributed by atoms with Gasteiger partial charge in [0, 0.05) is 24.1 Å². The Morgan fingerprint density at radius 2 is 1.84 bits per heavy atom. The van der Waals surface area contributed by atoms with Crippen molar-refractivity contribution in [1.29, 1.82) is 0 Å². The third kappa shape index (κ3) is 4.79. The molecule has 2 aliphatic rings. The van der Waals surface area contributed by atoms with Crippen molar-refractivity contribution in [3.63, 3.8) is 0 Å². The van der Waals surface area contributed by atoms with E-state index < -0.39 is 0 Å². The van der Waals surface area contributed by atoms with Crippen LogP contribution in [0.5, 0.6) is 23.0 Å². The van der Waals surface area contributed by atoms with E-state index in [2.05, 4.69) is 51.7 Å². The van der Waals surface area contributed by atoms with Crippen molar-refractivity contribution in [1.82, 2.24) is 9.55 Å². The first-order valence-electron chi connectivity index (χ1n) is 13.9. The van der Waals surface area contributed by atoms with Crippen LogP contribution in [0.2, 0.25) is 5.02 Å². The van der Waals surface area contributed by atoms with E-state index in [1.807, 2.05) is 42.5 Å². The highest BCUT2D eigenvalue weighted by atomic mass is 35.5. The van der Waals surface area contributed by atoms with E-state index in [0.717, 1.165) is 63.4 Å². The van der Waals surface area contributed by atoms with E-state index in [4.69, 9.17) is 35.5 Å². The Bertz CT molecular complexity index is 2020. The van der Waals surface area contributed by atoms with Crippen molar-refractivity contribution in [3.8, 4) is 34.3 Å². The molecule has 2 aromatic heterocycles. The summed E-state index contributed by atoms with van der Waals surface area (Å²) in [5.74, 6) is 3.82. The number of rotatable bonds is 6. The second kappa shape index (κ2) is 11.0. The maximum atomic E-state index is 6.60. The Labute approximate surface area is 259 Å². The van der Waals surface area contributed by atoms with Gasteiger partial charge in [0.15, 0.2) is 35.7 Å². The zero-order chi connectivity index (χ0) is 28.2. The molecule has 0 unspecified atom stereocenters. The molecule has 0 amide bonds. The number of benzene rings is 4. The zero-order valence-corrected chi connectivity index (χ0v) is 24.9. The van der Waals surface area contributed by atoms with E-state index in [0.29, 0.717) is 23.1 Å². The number of imidazole rings is 1. The van der Waals surface area contributed by atoms with Crippen LogP contribution in [0.25, 0.3) is 33.1 Å². The third-order valence-electron chi connectivity index (χ3n) is 8.11. The Morgan fingerprint density at radius 3 is 2.70 bits per heavy atom. The Balaban J connectivity index is 0.00000300. The van der Waals surface area contributed by atoms with Crippen LogP contribution in [0.4, 0.5) is 0 Å². The molecular formula is C34H27Cl2N3O4. The molecule has 216 valence electrons. The first-order valence-corrected chi connectivity index (χ1v) is 14.3. The fourth-order valence-electron chi connectivity index (χ4n) is 6.07. The molecule has 0 spiro atoms. The van der Waals surface area contributed by atoms with Gasteiger partial charge in [0.25, 0.3) is 0 Å². The quantitative estimate of drug-likeness (QED) is 0.269. The van der Waals surface area contributed by atoms with Gasteiger partial charge in [-0.1, -0.05) is 35.9 Å². The number of ether oxygens (including phenoxy) is 4. The van der Waals surface area contributed by atoms with Crippen molar-refractivity contribution < 1.29 is 35.9 Å². The molecule has 0 saturated heterocycles. The highest BCUT2D eigenvalue weighted by molar-refractivity contribution is 6.30. The Hall–Kier alpha value is -4.46. The van der Waals surface area contributed by atoms with E-state index in [-0.39, 0.29) is 25.8 Å². The first-order chi connectivity index (χ1) is 20.6. The van der Waals surface area contributed by atoms with Crippen LogP contribution in [0.15, 0.2) is 85.1 Å². The molecule has 8 rings (SSSR count). The number of pyridine rings is 1. The largest absolute Gasteiger partial charge is 1.00 e. The van der Waals surface area contributed by atoms with Crippen LogP contribution in [-0.2, 0) is 26.1 Å². The van der Waals surface area contributed by atoms with Gasteiger partial charge in [0.2, 0.25) is 12.5 Å². The van der Waals surface area contributed by atoms with Gasteiger partial charge in [-0.2, -0.15) is 4.57 Å². The van der Waals surface area contributed by atoms with Crippen LogP contribution < -0.4 is 35.9 Å². The molecule has 4 aromatic carbocycles. The summed E-state index contributed by atoms with van der Waals surface area (Å²) in [5, 5.41) is 2.76. The third-order valence-corrected chi connectivity index (χ3v) is 8.34. The smallest absolute Gasteiger partial charge is 0.231 e. The number of hydrogen-bond acceptors (Lipinski definition) is 5. The van der Waals surface area contributed by atoms with Crippen molar-refractivity contribution in [3.05, 3.63) is 107 Å². The molecular weight excluding hydrogens is 585 g/mol. The molecule has 0 fully saturated rings. The molecule has 0 aliphatic carbocycles. The number of methoxy groups -OCH3 is 1. The number of aromatic nitrogens is 3. The van der Waals surface area contributed by atoms with Gasteiger partial charge in [-0.15, -0.1) is 0 Å². The van der Waals surface area contributed by atoms with Crippen LogP contribution in [0.3, 0.4) is 0 Å². The second-order valence-corrected chi connectivity index (χ2v) is 11.0. The molecule has 0 saturated carbocycles. The van der Waals surface area contributed by atoms with Gasteiger partial charge in [-0.3, -0.25) is 0 Å². The highest BCUT2D eigenvalue weighted by Crippen LogP contribution is 2.42. The lowest BCUT2D eigenvalue weighted by Gasteiger charge is -2.18. The van der Waals surface area contributed by atoms with Gasteiger partial charge in [0.1, 0.15) is 12.4 Å². The van der Waals surface area contributed by atoms with E-state index in [1.165, 1.54) is 11.1 Å². The standard InChI is InChI=1S/C34H27ClN3O4.ClH/c1-39-30-10-9-22-14-29-25-16-32-31(41-20-42-32)15-23(25)11-12-37(29)18-26(22)34(30)40-19-33-36-27-7-2-3-8-28(27)38(33)17-21-5-4-6-24(35)13-21;/h2-10,13-16,18H,11-12,17,19-20H2,1H3;1H/q+1;/p-1. The SMILES string of the molecule is COc1ccc2cc3[n+](cc2c1OCc1nc2ccccc2n1Cc1cccc(Cl)c1)CCc1cc2c(cc1-3)OCO2.[Cl-]. The zero-order valence-electron chi connectivity index (χ0n) is 23.3. The summed E-state index contributed by atoms with van der Waals surface area (Å²) in [5.41, 5.74) is 6.64. The lowest BCUT2D eigenvalue weighted by molar-refractivity contribution is -0.686. The second-order valence-electron chi connectivity index (χ2n) is 10.6. The van der Waals surface area contributed by atoms with Crippen LogP contribution in [-0.4, -0.2) is 23.5 Å². The van der Waals surface area contributed by atoms with Crippen molar-refractivity contribution in [2.45, 2.75) is 26.1 Å². The highest BCUT2D eigenvalue weighted by Gasteiger charge is 2.29. The average Bonchev–Trinajstić information content (AvgIpc) is 3.61. The van der Waals surface area contributed by atoms with Gasteiger partial charge in [0.05, 0.1) is 29.1 Å². The molecule has 6 aromatic rings. The summed E-state index contributed by atoms with van der Waals surface area (Å²) in [6.45, 7) is 2.03. The Kier molecular flexibility index (Phi) is 7.00. The summed E-state index contributed by atoms with van der Waals surface area (Å²) in [7, 11) is 1.67. The molecule has 0 atom stereocenters. The van der Waals surface area contributed by atoms with Crippen LogP contribution in [0, 0.1) is 0 Å². The van der Waals surface area contributed by atoms with E-state index in [9.17, 15) is 0 Å². The molecule has 2 aliphatic heterocycles. The minimum absolute atomic E-state index is 0. The summed E-state index contributed by atoms with van der Waals surface area (Å²) >= 11 is 6.30. The number of para-hydroxylation sites is 2. The minimum Gasteiger partial charge on any atom is -1.00 e. The summed E-state index contributed by atoms with van der Waals surface area (Å²) < 4.78 is 28.2. The fourth-order valence-corrected chi connectivity index (χ4v) is 6.29. The molecule has 43 heavy (non-hydrogen) atoms. The van der Waals surface area contributed by atoms with Crippen LogP contribution >= 0.6 is 11.6 Å². The minimum atomic E-state index is 0. The molecule has 7 nitrogen and oxygen atoms in total. The number of fused-ring (bicyclic) bond motifs is 6. The van der Waals surface area contributed by atoms with Crippen molar-refractivity contribution >= 4 is 33.4 Å². The van der Waals surface area contributed by atoms with Gasteiger partial charge in [-0.05, 0) is 65.0 Å². The van der Waals surface area contributed by atoms with Crippen LogP contribution in [0.1, 0.15) is 17.0 Å². The topological polar surface area (TPSA) is 58.6 Å². The predicted molar refractivity (Wildman–Crippen MR) is 161 cm³/mol. The lowest BCUT2D eigenvalue weighted by Crippen LogP contribution is -3.00. The number of halogens is 2. The van der Waals surface area contributed by atoms with E-state index in [1.54, 1.807) is 7.11 Å². The average molecular weight is 613 g/mol. The maximum Gasteiger partial charge on any atom is 0.231 e.